The SMILES string of the molecule is Nc1ncccc1NCc1cc(NC(=O)c2ccc(Cl)cc2)ccc1F. The van der Waals surface area contributed by atoms with Gasteiger partial charge in [0.25, 0.3) is 5.91 Å². The van der Waals surface area contributed by atoms with Crippen LogP contribution in [0, 0.1) is 5.82 Å². The number of carbonyl (C=O) groups excluding carboxylic acids is 1. The third-order valence-corrected chi connectivity index (χ3v) is 3.97. The number of hydrogen-bond donors (Lipinski definition) is 3. The zero-order valence-corrected chi connectivity index (χ0v) is 14.4. The Morgan fingerprint density at radius 1 is 1.15 bits per heavy atom. The molecule has 4 N–H and O–H groups in total. The van der Waals surface area contributed by atoms with Gasteiger partial charge in [0.1, 0.15) is 11.6 Å². The number of halogens is 2. The van der Waals surface area contributed by atoms with E-state index in [0.29, 0.717) is 33.3 Å². The summed E-state index contributed by atoms with van der Waals surface area (Å²) < 4.78 is 14.1. The minimum absolute atomic E-state index is 0.201. The molecule has 0 atom stereocenters. The van der Waals surface area contributed by atoms with E-state index < -0.39 is 0 Å². The predicted molar refractivity (Wildman–Crippen MR) is 102 cm³/mol. The molecule has 5 nitrogen and oxygen atoms in total. The average molecular weight is 371 g/mol. The molecular formula is C19H16ClFN4O. The second kappa shape index (κ2) is 7.84. The van der Waals surface area contributed by atoms with E-state index in [1.165, 1.54) is 12.1 Å². The van der Waals surface area contributed by atoms with Crippen molar-refractivity contribution in [3.63, 3.8) is 0 Å². The molecule has 3 aromatic rings. The summed E-state index contributed by atoms with van der Waals surface area (Å²) in [6, 6.07) is 14.4. The van der Waals surface area contributed by atoms with E-state index in [1.54, 1.807) is 48.7 Å². The lowest BCUT2D eigenvalue weighted by molar-refractivity contribution is 0.102. The fraction of sp³-hybridized carbons (Fsp3) is 0.0526. The van der Waals surface area contributed by atoms with Crippen LogP contribution in [-0.4, -0.2) is 10.9 Å². The monoisotopic (exact) mass is 370 g/mol. The lowest BCUT2D eigenvalue weighted by atomic mass is 10.1. The third-order valence-electron chi connectivity index (χ3n) is 3.72. The summed E-state index contributed by atoms with van der Waals surface area (Å²) >= 11 is 5.82. The van der Waals surface area contributed by atoms with Crippen molar-refractivity contribution < 1.29 is 9.18 Å². The van der Waals surface area contributed by atoms with Crippen LogP contribution in [0.4, 0.5) is 21.6 Å². The third kappa shape index (κ3) is 4.29. The molecule has 0 spiro atoms. The number of nitrogen functional groups attached to an aromatic ring is 1. The standard InChI is InChI=1S/C19H16ClFN4O/c20-14-5-3-12(4-6-14)19(26)25-15-7-8-16(21)13(10-15)11-24-17-2-1-9-23-18(17)22/h1-10,24H,11H2,(H2,22,23)(H,25,26). The van der Waals surface area contributed by atoms with Crippen LogP contribution in [0.5, 0.6) is 0 Å². The maximum atomic E-state index is 14.1. The van der Waals surface area contributed by atoms with Crippen molar-refractivity contribution in [2.45, 2.75) is 6.54 Å². The Morgan fingerprint density at radius 2 is 1.92 bits per heavy atom. The minimum atomic E-state index is -0.385. The Hall–Kier alpha value is -3.12. The number of hydrogen-bond acceptors (Lipinski definition) is 4. The molecule has 0 bridgehead atoms. The molecule has 1 heterocycles. The Labute approximate surface area is 155 Å². The summed E-state index contributed by atoms with van der Waals surface area (Å²) in [6.07, 6.45) is 1.58. The number of anilines is 3. The fourth-order valence-corrected chi connectivity index (χ4v) is 2.48. The summed E-state index contributed by atoms with van der Waals surface area (Å²) in [5.74, 6) is -0.353. The highest BCUT2D eigenvalue weighted by Crippen LogP contribution is 2.20. The summed E-state index contributed by atoms with van der Waals surface area (Å²) in [5.41, 5.74) is 7.71. The maximum absolute atomic E-state index is 14.1. The first-order chi connectivity index (χ1) is 12.5. The van der Waals surface area contributed by atoms with E-state index >= 15 is 0 Å². The van der Waals surface area contributed by atoms with Crippen LogP contribution >= 0.6 is 11.6 Å². The summed E-state index contributed by atoms with van der Waals surface area (Å²) in [6.45, 7) is 0.201. The van der Waals surface area contributed by atoms with Gasteiger partial charge in [-0.2, -0.15) is 0 Å². The summed E-state index contributed by atoms with van der Waals surface area (Å²) in [7, 11) is 0. The normalized spacial score (nSPS) is 10.4. The molecule has 7 heteroatoms. The average Bonchev–Trinajstić information content (AvgIpc) is 2.64. The molecule has 0 radical (unpaired) electrons. The van der Waals surface area contributed by atoms with Gasteiger partial charge >= 0.3 is 0 Å². The minimum Gasteiger partial charge on any atom is -0.382 e. The van der Waals surface area contributed by atoms with Gasteiger partial charge in [0.05, 0.1) is 5.69 Å². The van der Waals surface area contributed by atoms with Crippen molar-refractivity contribution in [2.75, 3.05) is 16.4 Å². The molecule has 1 amide bonds. The second-order valence-electron chi connectivity index (χ2n) is 5.56. The molecule has 0 saturated heterocycles. The van der Waals surface area contributed by atoms with E-state index in [9.17, 15) is 9.18 Å². The van der Waals surface area contributed by atoms with E-state index in [2.05, 4.69) is 15.6 Å². The van der Waals surface area contributed by atoms with Gasteiger partial charge in [-0.15, -0.1) is 0 Å². The van der Waals surface area contributed by atoms with Crippen LogP contribution in [-0.2, 0) is 6.54 Å². The molecular weight excluding hydrogens is 355 g/mol. The second-order valence-corrected chi connectivity index (χ2v) is 5.99. The number of rotatable bonds is 5. The van der Waals surface area contributed by atoms with E-state index in [0.717, 1.165) is 0 Å². The quantitative estimate of drug-likeness (QED) is 0.624. The molecule has 0 aliphatic carbocycles. The Bertz CT molecular complexity index is 931. The number of carbonyl (C=O) groups is 1. The largest absolute Gasteiger partial charge is 0.382 e. The van der Waals surface area contributed by atoms with Crippen molar-refractivity contribution in [1.82, 2.24) is 4.98 Å². The molecule has 132 valence electrons. The first-order valence-corrected chi connectivity index (χ1v) is 8.20. The highest BCUT2D eigenvalue weighted by molar-refractivity contribution is 6.30. The molecule has 26 heavy (non-hydrogen) atoms. The Morgan fingerprint density at radius 3 is 2.65 bits per heavy atom. The van der Waals surface area contributed by atoms with Crippen molar-refractivity contribution in [2.24, 2.45) is 0 Å². The smallest absolute Gasteiger partial charge is 0.255 e. The van der Waals surface area contributed by atoms with Crippen LogP contribution in [0.1, 0.15) is 15.9 Å². The maximum Gasteiger partial charge on any atom is 0.255 e. The van der Waals surface area contributed by atoms with Crippen LogP contribution in [0.3, 0.4) is 0 Å². The zero-order chi connectivity index (χ0) is 18.5. The van der Waals surface area contributed by atoms with Gasteiger partial charge in [-0.1, -0.05) is 11.6 Å². The number of nitrogens with one attached hydrogen (secondary N) is 2. The lowest BCUT2D eigenvalue weighted by Crippen LogP contribution is -2.12. The topological polar surface area (TPSA) is 80.0 Å². The van der Waals surface area contributed by atoms with Crippen molar-refractivity contribution >= 4 is 34.7 Å². The van der Waals surface area contributed by atoms with Crippen molar-refractivity contribution in [3.05, 3.63) is 82.8 Å². The van der Waals surface area contributed by atoms with E-state index in [4.69, 9.17) is 17.3 Å². The van der Waals surface area contributed by atoms with Gasteiger partial charge < -0.3 is 16.4 Å². The molecule has 0 saturated carbocycles. The van der Waals surface area contributed by atoms with E-state index in [1.807, 2.05) is 0 Å². The van der Waals surface area contributed by atoms with Gasteiger partial charge in [-0.05, 0) is 54.6 Å². The van der Waals surface area contributed by atoms with Crippen LogP contribution in [0.15, 0.2) is 60.8 Å². The Balaban J connectivity index is 1.72. The van der Waals surface area contributed by atoms with Gasteiger partial charge in [0.15, 0.2) is 0 Å². The fourth-order valence-electron chi connectivity index (χ4n) is 2.35. The zero-order valence-electron chi connectivity index (χ0n) is 13.7. The number of nitrogens with zero attached hydrogens (tertiary/aromatic N) is 1. The first kappa shape index (κ1) is 17.7. The molecule has 3 rings (SSSR count). The van der Waals surface area contributed by atoms with Crippen molar-refractivity contribution in [1.29, 1.82) is 0 Å². The molecule has 0 fully saturated rings. The Kier molecular flexibility index (Phi) is 5.34. The molecule has 0 aliphatic rings. The van der Waals surface area contributed by atoms with Gasteiger partial charge in [0, 0.05) is 34.6 Å². The number of pyridine rings is 1. The lowest BCUT2D eigenvalue weighted by Gasteiger charge is -2.11. The van der Waals surface area contributed by atoms with Crippen LogP contribution < -0.4 is 16.4 Å². The summed E-state index contributed by atoms with van der Waals surface area (Å²) in [5, 5.41) is 6.32. The van der Waals surface area contributed by atoms with Crippen LogP contribution in [0.2, 0.25) is 5.02 Å². The highest BCUT2D eigenvalue weighted by atomic mass is 35.5. The number of benzene rings is 2. The molecule has 0 unspecified atom stereocenters. The molecule has 1 aromatic heterocycles. The van der Waals surface area contributed by atoms with E-state index in [-0.39, 0.29) is 18.3 Å². The van der Waals surface area contributed by atoms with Gasteiger partial charge in [0.2, 0.25) is 0 Å². The molecule has 2 aromatic carbocycles. The number of nitrogens with two attached hydrogens (primary N) is 1. The van der Waals surface area contributed by atoms with Gasteiger partial charge in [-0.3, -0.25) is 4.79 Å². The number of aromatic nitrogens is 1. The summed E-state index contributed by atoms with van der Waals surface area (Å²) in [4.78, 5) is 16.2. The highest BCUT2D eigenvalue weighted by Gasteiger charge is 2.09. The first-order valence-electron chi connectivity index (χ1n) is 7.82. The number of amides is 1. The van der Waals surface area contributed by atoms with Crippen LogP contribution in [0.25, 0.3) is 0 Å². The van der Waals surface area contributed by atoms with Crippen molar-refractivity contribution in [3.8, 4) is 0 Å². The van der Waals surface area contributed by atoms with Gasteiger partial charge in [-0.25, -0.2) is 9.37 Å². The molecule has 0 aliphatic heterocycles. The predicted octanol–water partition coefficient (Wildman–Crippen LogP) is 4.32.